The van der Waals surface area contributed by atoms with Crippen molar-refractivity contribution in [2.75, 3.05) is 6.54 Å². The molecule has 1 fully saturated rings. The van der Waals surface area contributed by atoms with Crippen LogP contribution in [0.15, 0.2) is 58.2 Å². The van der Waals surface area contributed by atoms with Gasteiger partial charge in [0.25, 0.3) is 0 Å². The fourth-order valence-electron chi connectivity index (χ4n) is 3.41. The first-order valence-corrected chi connectivity index (χ1v) is 9.99. The summed E-state index contributed by atoms with van der Waals surface area (Å²) in [6, 6.07) is 7.96. The summed E-state index contributed by atoms with van der Waals surface area (Å²) in [7, 11) is 0. The van der Waals surface area contributed by atoms with Gasteiger partial charge in [-0.05, 0) is 55.4 Å². The van der Waals surface area contributed by atoms with Crippen molar-refractivity contribution in [2.45, 2.75) is 44.9 Å². The van der Waals surface area contributed by atoms with E-state index in [1.165, 1.54) is 11.9 Å². The molecular weight excluding hydrogens is 376 g/mol. The van der Waals surface area contributed by atoms with Crippen molar-refractivity contribution in [1.29, 1.82) is 0 Å². The minimum Gasteiger partial charge on any atom is -0.359 e. The Morgan fingerprint density at radius 1 is 1.29 bits per heavy atom. The highest BCUT2D eigenvalue weighted by molar-refractivity contribution is 6.30. The number of allylic oxidation sites excluding steroid dienone is 1. The molecule has 3 rings (SSSR count). The second-order valence-electron chi connectivity index (χ2n) is 7.20. The van der Waals surface area contributed by atoms with Gasteiger partial charge >= 0.3 is 0 Å². The molecule has 1 aromatic rings. The molecule has 3 N–H and O–H groups in total. The smallest absolute Gasteiger partial charge is 0.151 e. The third kappa shape index (κ3) is 6.27. The zero-order valence-electron chi connectivity index (χ0n) is 16.0. The highest BCUT2D eigenvalue weighted by atomic mass is 35.5. The van der Waals surface area contributed by atoms with Crippen LogP contribution in [0.4, 0.5) is 0 Å². The third-order valence-corrected chi connectivity index (χ3v) is 5.26. The number of halogens is 1. The Morgan fingerprint density at radius 2 is 2.11 bits per heavy atom. The summed E-state index contributed by atoms with van der Waals surface area (Å²) in [6.45, 7) is 2.91. The van der Waals surface area contributed by atoms with Crippen LogP contribution in [0.1, 0.15) is 31.7 Å². The Labute approximate surface area is 171 Å². The molecule has 0 amide bonds. The highest BCUT2D eigenvalue weighted by Gasteiger charge is 2.31. The van der Waals surface area contributed by atoms with Crippen LogP contribution >= 0.6 is 11.6 Å². The Hall–Kier alpha value is -1.99. The summed E-state index contributed by atoms with van der Waals surface area (Å²) in [5.41, 5.74) is 4.49. The number of ether oxygens (including phenoxy) is 1. The lowest BCUT2D eigenvalue weighted by Crippen LogP contribution is -2.31. The maximum absolute atomic E-state index is 9.24. The molecule has 0 bridgehead atoms. The fourth-order valence-corrected chi connectivity index (χ4v) is 3.54. The molecule has 7 heteroatoms. The molecule has 3 atom stereocenters. The van der Waals surface area contributed by atoms with E-state index in [4.69, 9.17) is 16.3 Å². The van der Waals surface area contributed by atoms with E-state index >= 15 is 0 Å². The molecule has 6 nitrogen and oxygen atoms in total. The van der Waals surface area contributed by atoms with Crippen LogP contribution in [-0.2, 0) is 11.2 Å². The van der Waals surface area contributed by atoms with E-state index in [-0.39, 0.29) is 12.3 Å². The maximum Gasteiger partial charge on any atom is 0.151 e. The first-order valence-electron chi connectivity index (χ1n) is 9.61. The molecule has 0 aliphatic carbocycles. The van der Waals surface area contributed by atoms with Crippen LogP contribution in [0.3, 0.4) is 0 Å². The van der Waals surface area contributed by atoms with E-state index in [1.807, 2.05) is 24.3 Å². The predicted octanol–water partition coefficient (Wildman–Crippen LogP) is 3.86. The normalized spacial score (nSPS) is 28.3. The van der Waals surface area contributed by atoms with Crippen LogP contribution in [0, 0.1) is 5.92 Å². The number of amidine groups is 1. The van der Waals surface area contributed by atoms with Gasteiger partial charge in [0, 0.05) is 17.8 Å². The van der Waals surface area contributed by atoms with E-state index in [0.717, 1.165) is 36.3 Å². The van der Waals surface area contributed by atoms with Crippen molar-refractivity contribution in [3.05, 3.63) is 58.8 Å². The zero-order chi connectivity index (χ0) is 19.8. The largest absolute Gasteiger partial charge is 0.359 e. The van der Waals surface area contributed by atoms with Crippen molar-refractivity contribution in [1.82, 2.24) is 10.8 Å². The van der Waals surface area contributed by atoms with Gasteiger partial charge in [0.15, 0.2) is 5.84 Å². The van der Waals surface area contributed by atoms with E-state index in [1.54, 1.807) is 6.20 Å². The van der Waals surface area contributed by atoms with Crippen molar-refractivity contribution in [3.8, 4) is 0 Å². The van der Waals surface area contributed by atoms with E-state index in [2.05, 4.69) is 39.8 Å². The number of rotatable bonds is 5. The van der Waals surface area contributed by atoms with Crippen LogP contribution in [-0.4, -0.2) is 36.3 Å². The quantitative estimate of drug-likeness (QED) is 0.653. The van der Waals surface area contributed by atoms with Gasteiger partial charge in [-0.15, -0.1) is 0 Å². The Balaban J connectivity index is 1.55. The first kappa shape index (κ1) is 20.7. The molecule has 3 unspecified atom stereocenters. The van der Waals surface area contributed by atoms with E-state index < -0.39 is 0 Å². The number of aliphatic imine (C=N–C) groups is 2. The molecule has 0 spiro atoms. The molecule has 1 aromatic carbocycles. The Bertz CT molecular complexity index is 758. The number of hydrogen-bond acceptors (Lipinski definition) is 6. The SMILES string of the molecule is CC1CC(NC/C2=C/C(NO)=NC=N/C=C/CC2)OC1Cc1ccc(Cl)cc1. The molecule has 2 heterocycles. The topological polar surface area (TPSA) is 78.2 Å². The molecule has 0 saturated carbocycles. The summed E-state index contributed by atoms with van der Waals surface area (Å²) in [6.07, 6.45) is 10.8. The minimum atomic E-state index is 0.0168. The van der Waals surface area contributed by atoms with Crippen LogP contribution in [0.5, 0.6) is 0 Å². The summed E-state index contributed by atoms with van der Waals surface area (Å²) < 4.78 is 6.25. The van der Waals surface area contributed by atoms with Crippen molar-refractivity contribution < 1.29 is 9.94 Å². The number of benzene rings is 1. The maximum atomic E-state index is 9.24. The average molecular weight is 403 g/mol. The fraction of sp³-hybridized carbons (Fsp3) is 0.429. The van der Waals surface area contributed by atoms with Gasteiger partial charge in [-0.25, -0.2) is 9.98 Å². The van der Waals surface area contributed by atoms with Crippen molar-refractivity contribution in [2.24, 2.45) is 15.9 Å². The molecule has 2 aliphatic rings. The average Bonchev–Trinajstić information content (AvgIpc) is 3.05. The summed E-state index contributed by atoms with van der Waals surface area (Å²) >= 11 is 5.97. The zero-order valence-corrected chi connectivity index (χ0v) is 16.8. The molecule has 0 aromatic heterocycles. The van der Waals surface area contributed by atoms with Crippen LogP contribution in [0.2, 0.25) is 5.02 Å². The third-order valence-electron chi connectivity index (χ3n) is 5.01. The minimum absolute atomic E-state index is 0.0168. The number of hydrogen-bond donors (Lipinski definition) is 3. The van der Waals surface area contributed by atoms with Crippen LogP contribution in [0.25, 0.3) is 0 Å². The number of nitrogens with zero attached hydrogens (tertiary/aromatic N) is 2. The Morgan fingerprint density at radius 3 is 2.89 bits per heavy atom. The highest BCUT2D eigenvalue weighted by Crippen LogP contribution is 2.28. The molecule has 150 valence electrons. The second-order valence-corrected chi connectivity index (χ2v) is 7.64. The molecular formula is C21H27ClN4O2. The summed E-state index contributed by atoms with van der Waals surface area (Å²) in [5.74, 6) is 0.846. The summed E-state index contributed by atoms with van der Waals surface area (Å²) in [4.78, 5) is 8.08. The van der Waals surface area contributed by atoms with Gasteiger partial charge in [0.1, 0.15) is 12.6 Å². The molecule has 2 aliphatic heterocycles. The lowest BCUT2D eigenvalue weighted by molar-refractivity contribution is 0.0205. The van der Waals surface area contributed by atoms with Gasteiger partial charge in [-0.3, -0.25) is 16.0 Å². The van der Waals surface area contributed by atoms with Crippen molar-refractivity contribution in [3.63, 3.8) is 0 Å². The lowest BCUT2D eigenvalue weighted by Gasteiger charge is -2.17. The predicted molar refractivity (Wildman–Crippen MR) is 113 cm³/mol. The van der Waals surface area contributed by atoms with Gasteiger partial charge in [0.05, 0.1) is 6.10 Å². The van der Waals surface area contributed by atoms with E-state index in [0.29, 0.717) is 18.3 Å². The van der Waals surface area contributed by atoms with Gasteiger partial charge in [-0.2, -0.15) is 0 Å². The van der Waals surface area contributed by atoms with E-state index in [9.17, 15) is 5.21 Å². The monoisotopic (exact) mass is 402 g/mol. The van der Waals surface area contributed by atoms with Gasteiger partial charge < -0.3 is 4.74 Å². The molecule has 28 heavy (non-hydrogen) atoms. The van der Waals surface area contributed by atoms with Gasteiger partial charge in [0.2, 0.25) is 0 Å². The number of hydroxylamine groups is 1. The van der Waals surface area contributed by atoms with Gasteiger partial charge in [-0.1, -0.05) is 42.3 Å². The van der Waals surface area contributed by atoms with Crippen molar-refractivity contribution >= 4 is 23.8 Å². The first-order chi connectivity index (χ1) is 13.6. The standard InChI is InChI=1S/C21H27ClN4O2/c1-15-10-21(28-19(15)11-16-5-7-18(22)8-6-16)24-13-17-4-2-3-9-23-14-25-20(12-17)26-27/h3,5-9,12,14-15,19,21,24,27H,2,4,10-11,13H2,1H3,(H,23,25,26)/b9-3+,17-12+. The summed E-state index contributed by atoms with van der Waals surface area (Å²) in [5, 5.41) is 13.5. The van der Waals surface area contributed by atoms with Crippen LogP contribution < -0.4 is 10.8 Å². The molecule has 1 saturated heterocycles. The number of nitrogens with one attached hydrogen (secondary N) is 2. The Kier molecular flexibility index (Phi) is 7.80. The molecule has 0 radical (unpaired) electrons. The second kappa shape index (κ2) is 10.5. The lowest BCUT2D eigenvalue weighted by atomic mass is 9.97.